The molecule has 0 heterocycles. The van der Waals surface area contributed by atoms with Crippen molar-refractivity contribution in [1.82, 2.24) is 0 Å². The van der Waals surface area contributed by atoms with E-state index in [4.69, 9.17) is 0 Å². The Morgan fingerprint density at radius 3 is 2.33 bits per heavy atom. The highest BCUT2D eigenvalue weighted by Gasteiger charge is 2.20. The Labute approximate surface area is 179 Å². The van der Waals surface area contributed by atoms with E-state index in [-0.39, 0.29) is 17.1 Å². The smallest absolute Gasteiger partial charge is 0.336 e. The number of carboxylic acids is 1. The minimum absolute atomic E-state index is 0.0689. The number of Topliss-reactive ketones (excluding diaryl/α,β-unsaturated/α-hetero) is 1. The average Bonchev–Trinajstić information content (AvgIpc) is 2.76. The van der Waals surface area contributed by atoms with Gasteiger partial charge in [-0.2, -0.15) is 0 Å². The van der Waals surface area contributed by atoms with Crippen molar-refractivity contribution in [1.29, 1.82) is 0 Å². The zero-order valence-corrected chi connectivity index (χ0v) is 18.0. The normalized spacial score (nSPS) is 10.7. The second-order valence-electron chi connectivity index (χ2n) is 7.57. The average molecular weight is 412 g/mol. The summed E-state index contributed by atoms with van der Waals surface area (Å²) in [5.41, 5.74) is 2.91. The number of phenols is 1. The molecular formula is C25H33NO4. The van der Waals surface area contributed by atoms with Gasteiger partial charge in [-0.3, -0.25) is 4.79 Å². The molecule has 0 fully saturated rings. The van der Waals surface area contributed by atoms with Gasteiger partial charge in [-0.15, -0.1) is 0 Å². The number of ketones is 1. The molecule has 0 aliphatic heterocycles. The van der Waals surface area contributed by atoms with Gasteiger partial charge in [0, 0.05) is 24.1 Å². The number of aromatic carboxylic acids is 1. The van der Waals surface area contributed by atoms with Crippen molar-refractivity contribution in [2.45, 2.75) is 65.2 Å². The number of hydrogen-bond acceptors (Lipinski definition) is 4. The summed E-state index contributed by atoms with van der Waals surface area (Å²) < 4.78 is 0. The first-order chi connectivity index (χ1) is 14.5. The largest absolute Gasteiger partial charge is 0.505 e. The first-order valence-electron chi connectivity index (χ1n) is 10.9. The summed E-state index contributed by atoms with van der Waals surface area (Å²) in [4.78, 5) is 23.9. The Hall–Kier alpha value is -2.82. The van der Waals surface area contributed by atoms with Crippen LogP contribution in [0.1, 0.15) is 84.2 Å². The Balaban J connectivity index is 1.95. The topological polar surface area (TPSA) is 86.6 Å². The highest BCUT2D eigenvalue weighted by Crippen LogP contribution is 2.36. The predicted molar refractivity (Wildman–Crippen MR) is 121 cm³/mol. The SMILES string of the molecule is CCCNc1c(CC)cc(C(=O)O)c(CCCCCCC(=O)c2ccccc2)c1O. The molecule has 30 heavy (non-hydrogen) atoms. The summed E-state index contributed by atoms with van der Waals surface area (Å²) in [6.45, 7) is 4.72. The number of aromatic hydroxyl groups is 1. The lowest BCUT2D eigenvalue weighted by Crippen LogP contribution is -2.10. The number of carboxylic acid groups (broad SMARTS) is 1. The van der Waals surface area contributed by atoms with Crippen LogP contribution in [0, 0.1) is 0 Å². The number of benzene rings is 2. The summed E-state index contributed by atoms with van der Waals surface area (Å²) >= 11 is 0. The van der Waals surface area contributed by atoms with Crippen molar-refractivity contribution in [3.63, 3.8) is 0 Å². The number of rotatable bonds is 13. The van der Waals surface area contributed by atoms with E-state index in [0.717, 1.165) is 49.8 Å². The number of anilines is 1. The molecule has 0 aromatic heterocycles. The molecule has 2 rings (SSSR count). The quantitative estimate of drug-likeness (QED) is 0.219. The lowest BCUT2D eigenvalue weighted by Gasteiger charge is -2.18. The molecule has 162 valence electrons. The van der Waals surface area contributed by atoms with Crippen LogP contribution in [0.15, 0.2) is 36.4 Å². The van der Waals surface area contributed by atoms with Gasteiger partial charge in [0.15, 0.2) is 5.78 Å². The van der Waals surface area contributed by atoms with E-state index >= 15 is 0 Å². The van der Waals surface area contributed by atoms with Crippen molar-refractivity contribution >= 4 is 17.4 Å². The standard InChI is InChI=1S/C25H33NO4/c1-3-16-26-23-18(4-2)17-21(25(29)30)20(24(23)28)14-10-5-6-11-15-22(27)19-12-8-7-9-13-19/h7-9,12-13,17,26,28H,3-6,10-11,14-16H2,1-2H3,(H,29,30). The monoisotopic (exact) mass is 411 g/mol. The minimum atomic E-state index is -1.01. The van der Waals surface area contributed by atoms with E-state index in [1.807, 2.05) is 44.2 Å². The third kappa shape index (κ3) is 6.34. The molecule has 0 aliphatic carbocycles. The van der Waals surface area contributed by atoms with Gasteiger partial charge in [-0.25, -0.2) is 4.79 Å². The molecule has 0 unspecified atom stereocenters. The van der Waals surface area contributed by atoms with Crippen LogP contribution in [0.4, 0.5) is 5.69 Å². The fourth-order valence-corrected chi connectivity index (χ4v) is 3.64. The van der Waals surface area contributed by atoms with Crippen LogP contribution < -0.4 is 5.32 Å². The molecule has 2 aromatic rings. The number of nitrogens with one attached hydrogen (secondary N) is 1. The van der Waals surface area contributed by atoms with Crippen molar-refractivity contribution < 1.29 is 19.8 Å². The Bertz CT molecular complexity index is 846. The van der Waals surface area contributed by atoms with Crippen LogP contribution in [0.3, 0.4) is 0 Å². The maximum atomic E-state index is 12.1. The predicted octanol–water partition coefficient (Wildman–Crippen LogP) is 5.85. The van der Waals surface area contributed by atoms with Gasteiger partial charge < -0.3 is 15.5 Å². The van der Waals surface area contributed by atoms with Crippen molar-refractivity contribution in [3.05, 3.63) is 58.7 Å². The molecule has 0 bridgehead atoms. The molecule has 0 saturated carbocycles. The van der Waals surface area contributed by atoms with E-state index in [1.165, 1.54) is 0 Å². The van der Waals surface area contributed by atoms with Crippen molar-refractivity contribution in [3.8, 4) is 5.75 Å². The molecule has 3 N–H and O–H groups in total. The highest BCUT2D eigenvalue weighted by molar-refractivity contribution is 5.96. The fraction of sp³-hybridized carbons (Fsp3) is 0.440. The second kappa shape index (κ2) is 12.0. The highest BCUT2D eigenvalue weighted by atomic mass is 16.4. The summed E-state index contributed by atoms with van der Waals surface area (Å²) in [7, 11) is 0. The van der Waals surface area contributed by atoms with Crippen LogP contribution in [-0.2, 0) is 12.8 Å². The van der Waals surface area contributed by atoms with Crippen LogP contribution in [0.2, 0.25) is 0 Å². The third-order valence-corrected chi connectivity index (χ3v) is 5.33. The van der Waals surface area contributed by atoms with Gasteiger partial charge in [0.05, 0.1) is 11.3 Å². The van der Waals surface area contributed by atoms with Gasteiger partial charge >= 0.3 is 5.97 Å². The lowest BCUT2D eigenvalue weighted by atomic mass is 9.94. The summed E-state index contributed by atoms with van der Waals surface area (Å²) in [6.07, 6.45) is 5.95. The molecule has 5 heteroatoms. The summed E-state index contributed by atoms with van der Waals surface area (Å²) in [6, 6.07) is 11.0. The molecule has 0 radical (unpaired) electrons. The molecule has 0 aliphatic rings. The lowest BCUT2D eigenvalue weighted by molar-refractivity contribution is 0.0694. The molecule has 2 aromatic carbocycles. The van der Waals surface area contributed by atoms with Gasteiger partial charge in [-0.1, -0.05) is 57.0 Å². The van der Waals surface area contributed by atoms with Gasteiger partial charge in [0.2, 0.25) is 0 Å². The van der Waals surface area contributed by atoms with Crippen LogP contribution in [0.25, 0.3) is 0 Å². The molecule has 0 saturated heterocycles. The van der Waals surface area contributed by atoms with E-state index in [0.29, 0.717) is 30.5 Å². The van der Waals surface area contributed by atoms with E-state index < -0.39 is 5.97 Å². The number of carbonyl (C=O) groups is 2. The molecule has 0 spiro atoms. The Kier molecular flexibility index (Phi) is 9.39. The number of unbranched alkanes of at least 4 members (excludes halogenated alkanes) is 3. The summed E-state index contributed by atoms with van der Waals surface area (Å²) in [5, 5.41) is 23.7. The fourth-order valence-electron chi connectivity index (χ4n) is 3.64. The number of aryl methyl sites for hydroxylation is 1. The van der Waals surface area contributed by atoms with E-state index in [2.05, 4.69) is 5.32 Å². The molecule has 5 nitrogen and oxygen atoms in total. The van der Waals surface area contributed by atoms with Gasteiger partial charge in [-0.05, 0) is 43.7 Å². The van der Waals surface area contributed by atoms with E-state index in [9.17, 15) is 19.8 Å². The van der Waals surface area contributed by atoms with Crippen LogP contribution in [-0.4, -0.2) is 28.5 Å². The Morgan fingerprint density at radius 2 is 1.70 bits per heavy atom. The van der Waals surface area contributed by atoms with Crippen molar-refractivity contribution in [2.75, 3.05) is 11.9 Å². The zero-order chi connectivity index (χ0) is 21.9. The maximum Gasteiger partial charge on any atom is 0.336 e. The summed E-state index contributed by atoms with van der Waals surface area (Å²) in [5.74, 6) is -0.784. The second-order valence-corrected chi connectivity index (χ2v) is 7.57. The van der Waals surface area contributed by atoms with E-state index in [1.54, 1.807) is 6.07 Å². The number of hydrogen-bond donors (Lipinski definition) is 3. The third-order valence-electron chi connectivity index (χ3n) is 5.33. The zero-order valence-electron chi connectivity index (χ0n) is 18.0. The first-order valence-corrected chi connectivity index (χ1v) is 10.9. The number of phenolic OH excluding ortho intramolecular Hbond substituents is 1. The van der Waals surface area contributed by atoms with Gasteiger partial charge in [0.25, 0.3) is 0 Å². The van der Waals surface area contributed by atoms with Crippen LogP contribution in [0.5, 0.6) is 5.75 Å². The van der Waals surface area contributed by atoms with Crippen molar-refractivity contribution in [2.24, 2.45) is 0 Å². The first kappa shape index (κ1) is 23.5. The van der Waals surface area contributed by atoms with Gasteiger partial charge in [0.1, 0.15) is 5.75 Å². The molecular weight excluding hydrogens is 378 g/mol. The maximum absolute atomic E-state index is 12.1. The molecule has 0 amide bonds. The minimum Gasteiger partial charge on any atom is -0.505 e. The molecule has 0 atom stereocenters. The Morgan fingerprint density at radius 1 is 1.00 bits per heavy atom. The van der Waals surface area contributed by atoms with Crippen LogP contribution >= 0.6 is 0 Å². The number of carbonyl (C=O) groups excluding carboxylic acids is 1.